The van der Waals surface area contributed by atoms with Crippen LogP contribution >= 0.6 is 11.6 Å². The predicted molar refractivity (Wildman–Crippen MR) is 81.1 cm³/mol. The van der Waals surface area contributed by atoms with Gasteiger partial charge in [0.1, 0.15) is 5.82 Å². The number of hydrogen-bond acceptors (Lipinski definition) is 3. The summed E-state index contributed by atoms with van der Waals surface area (Å²) in [6.45, 7) is 7.62. The maximum atomic E-state index is 5.95. The molecule has 0 radical (unpaired) electrons. The van der Waals surface area contributed by atoms with Gasteiger partial charge in [0.05, 0.1) is 12.5 Å². The van der Waals surface area contributed by atoms with E-state index in [-0.39, 0.29) is 0 Å². The molecule has 1 aromatic heterocycles. The van der Waals surface area contributed by atoms with Gasteiger partial charge in [0.25, 0.3) is 0 Å². The van der Waals surface area contributed by atoms with Crippen molar-refractivity contribution in [3.05, 3.63) is 34.6 Å². The van der Waals surface area contributed by atoms with Gasteiger partial charge in [0.15, 0.2) is 5.82 Å². The molecule has 0 aliphatic carbocycles. The van der Waals surface area contributed by atoms with E-state index >= 15 is 0 Å². The molecule has 2 rings (SSSR count). The predicted octanol–water partition coefficient (Wildman–Crippen LogP) is 3.26. The summed E-state index contributed by atoms with van der Waals surface area (Å²) in [6, 6.07) is 4.33. The number of ether oxygens (including phenoxy) is 1. The number of aromatic nitrogens is 3. The minimum absolute atomic E-state index is 0.348. The highest BCUT2D eigenvalue weighted by Gasteiger charge is 2.16. The van der Waals surface area contributed by atoms with Gasteiger partial charge in [0.2, 0.25) is 0 Å². The fraction of sp³-hybridized carbons (Fsp3) is 0.467. The van der Waals surface area contributed by atoms with Crippen LogP contribution in [0.5, 0.6) is 0 Å². The molecule has 5 heteroatoms. The van der Waals surface area contributed by atoms with Crippen LogP contribution < -0.4 is 0 Å². The van der Waals surface area contributed by atoms with Crippen molar-refractivity contribution in [2.75, 3.05) is 13.7 Å². The lowest BCUT2D eigenvalue weighted by Gasteiger charge is -2.13. The molecule has 0 bridgehead atoms. The molecule has 1 heterocycles. The summed E-state index contributed by atoms with van der Waals surface area (Å²) >= 11 is 5.95. The number of nitrogens with zero attached hydrogens (tertiary/aromatic N) is 3. The zero-order valence-corrected chi connectivity index (χ0v) is 13.2. The molecule has 20 heavy (non-hydrogen) atoms. The van der Waals surface area contributed by atoms with E-state index in [2.05, 4.69) is 43.1 Å². The second-order valence-electron chi connectivity index (χ2n) is 4.99. The molecule has 0 atom stereocenters. The van der Waals surface area contributed by atoms with Gasteiger partial charge in [-0.3, -0.25) is 0 Å². The Morgan fingerprint density at radius 3 is 2.35 bits per heavy atom. The van der Waals surface area contributed by atoms with Crippen LogP contribution in [0.3, 0.4) is 0 Å². The van der Waals surface area contributed by atoms with E-state index in [0.29, 0.717) is 19.0 Å². The molecule has 0 unspecified atom stereocenters. The molecule has 4 nitrogen and oxygen atoms in total. The van der Waals surface area contributed by atoms with Crippen molar-refractivity contribution >= 4 is 11.6 Å². The summed E-state index contributed by atoms with van der Waals surface area (Å²) in [4.78, 5) is 0. The van der Waals surface area contributed by atoms with Crippen LogP contribution in [0, 0.1) is 20.8 Å². The molecule has 0 amide bonds. The molecule has 0 fully saturated rings. The molecule has 0 spiro atoms. The second kappa shape index (κ2) is 6.37. The van der Waals surface area contributed by atoms with E-state index in [1.807, 2.05) is 4.57 Å². The first-order valence-electron chi connectivity index (χ1n) is 6.63. The number of hydrogen-bond donors (Lipinski definition) is 0. The Morgan fingerprint density at radius 1 is 1.15 bits per heavy atom. The third-order valence-corrected chi connectivity index (χ3v) is 3.61. The third kappa shape index (κ3) is 2.86. The number of methoxy groups -OCH3 is 1. The van der Waals surface area contributed by atoms with Crippen LogP contribution in [-0.4, -0.2) is 28.5 Å². The Hall–Kier alpha value is -1.39. The quantitative estimate of drug-likeness (QED) is 0.795. The second-order valence-corrected chi connectivity index (χ2v) is 5.26. The smallest absolute Gasteiger partial charge is 0.164 e. The van der Waals surface area contributed by atoms with Crippen LogP contribution in [0.15, 0.2) is 12.1 Å². The van der Waals surface area contributed by atoms with E-state index in [1.165, 1.54) is 16.7 Å². The normalized spacial score (nSPS) is 11.1. The first-order valence-corrected chi connectivity index (χ1v) is 7.17. The molecular weight excluding hydrogens is 274 g/mol. The minimum Gasteiger partial charge on any atom is -0.383 e. The number of aryl methyl sites for hydroxylation is 3. The molecule has 108 valence electrons. The summed E-state index contributed by atoms with van der Waals surface area (Å²) in [7, 11) is 1.69. The lowest BCUT2D eigenvalue weighted by atomic mass is 9.99. The standard InChI is InChI=1S/C15H20ClN3O/c1-10-7-11(2)14(12(3)8-10)15-18-17-13(9-16)19(15)5-6-20-4/h7-8H,5-6,9H2,1-4H3. The maximum Gasteiger partial charge on any atom is 0.164 e. The molecule has 0 N–H and O–H groups in total. The first-order chi connectivity index (χ1) is 9.58. The van der Waals surface area contributed by atoms with E-state index in [4.69, 9.17) is 16.3 Å². The first kappa shape index (κ1) is 15.0. The molecule has 1 aromatic carbocycles. The van der Waals surface area contributed by atoms with Gasteiger partial charge in [-0.1, -0.05) is 17.7 Å². The molecular formula is C15H20ClN3O. The highest BCUT2D eigenvalue weighted by Crippen LogP contribution is 2.27. The monoisotopic (exact) mass is 293 g/mol. The molecule has 0 saturated heterocycles. The van der Waals surface area contributed by atoms with Gasteiger partial charge >= 0.3 is 0 Å². The van der Waals surface area contributed by atoms with Gasteiger partial charge in [0, 0.05) is 19.2 Å². The molecule has 2 aromatic rings. The van der Waals surface area contributed by atoms with Crippen LogP contribution in [0.1, 0.15) is 22.5 Å². The summed E-state index contributed by atoms with van der Waals surface area (Å²) in [5.41, 5.74) is 4.80. The van der Waals surface area contributed by atoms with Crippen molar-refractivity contribution in [2.45, 2.75) is 33.2 Å². The Morgan fingerprint density at radius 2 is 1.80 bits per heavy atom. The van der Waals surface area contributed by atoms with Crippen LogP contribution in [0.2, 0.25) is 0 Å². The summed E-state index contributed by atoms with van der Waals surface area (Å²) in [5, 5.41) is 8.53. The van der Waals surface area contributed by atoms with Crippen LogP contribution in [0.4, 0.5) is 0 Å². The minimum atomic E-state index is 0.348. The van der Waals surface area contributed by atoms with Crippen molar-refractivity contribution in [1.82, 2.24) is 14.8 Å². The number of alkyl halides is 1. The van der Waals surface area contributed by atoms with Gasteiger partial charge in [-0.15, -0.1) is 21.8 Å². The van der Waals surface area contributed by atoms with Crippen LogP contribution in [0.25, 0.3) is 11.4 Å². The summed E-state index contributed by atoms with van der Waals surface area (Å²) in [5.74, 6) is 1.99. The van der Waals surface area contributed by atoms with Gasteiger partial charge in [-0.05, 0) is 31.9 Å². The maximum absolute atomic E-state index is 5.95. The Bertz CT molecular complexity index is 584. The number of benzene rings is 1. The van der Waals surface area contributed by atoms with E-state index in [0.717, 1.165) is 17.2 Å². The van der Waals surface area contributed by atoms with Crippen molar-refractivity contribution < 1.29 is 4.74 Å². The highest BCUT2D eigenvalue weighted by molar-refractivity contribution is 6.16. The van der Waals surface area contributed by atoms with Gasteiger partial charge in [-0.2, -0.15) is 0 Å². The van der Waals surface area contributed by atoms with E-state index in [9.17, 15) is 0 Å². The fourth-order valence-electron chi connectivity index (χ4n) is 2.57. The summed E-state index contributed by atoms with van der Waals surface area (Å²) < 4.78 is 7.21. The Balaban J connectivity index is 2.55. The average molecular weight is 294 g/mol. The van der Waals surface area contributed by atoms with Gasteiger partial charge in [-0.25, -0.2) is 0 Å². The van der Waals surface area contributed by atoms with Crippen LogP contribution in [-0.2, 0) is 17.2 Å². The topological polar surface area (TPSA) is 39.9 Å². The lowest BCUT2D eigenvalue weighted by Crippen LogP contribution is -2.10. The Kier molecular flexibility index (Phi) is 4.78. The summed E-state index contributed by atoms with van der Waals surface area (Å²) in [6.07, 6.45) is 0. The number of halogens is 1. The lowest BCUT2D eigenvalue weighted by molar-refractivity contribution is 0.187. The zero-order chi connectivity index (χ0) is 14.7. The zero-order valence-electron chi connectivity index (χ0n) is 12.4. The molecule has 0 saturated carbocycles. The average Bonchev–Trinajstić information content (AvgIpc) is 2.78. The van der Waals surface area contributed by atoms with Crippen molar-refractivity contribution in [2.24, 2.45) is 0 Å². The van der Waals surface area contributed by atoms with Crippen molar-refractivity contribution in [3.63, 3.8) is 0 Å². The largest absolute Gasteiger partial charge is 0.383 e. The van der Waals surface area contributed by atoms with E-state index in [1.54, 1.807) is 7.11 Å². The SMILES string of the molecule is COCCn1c(CCl)nnc1-c1c(C)cc(C)cc1C. The van der Waals surface area contributed by atoms with Crippen molar-refractivity contribution in [1.29, 1.82) is 0 Å². The third-order valence-electron chi connectivity index (χ3n) is 3.37. The fourth-order valence-corrected chi connectivity index (χ4v) is 2.77. The molecule has 0 aliphatic rings. The molecule has 0 aliphatic heterocycles. The highest BCUT2D eigenvalue weighted by atomic mass is 35.5. The van der Waals surface area contributed by atoms with Gasteiger partial charge < -0.3 is 9.30 Å². The Labute approximate surface area is 124 Å². The van der Waals surface area contributed by atoms with E-state index < -0.39 is 0 Å². The number of rotatable bonds is 5. The van der Waals surface area contributed by atoms with Crippen molar-refractivity contribution in [3.8, 4) is 11.4 Å².